The van der Waals surface area contributed by atoms with Gasteiger partial charge in [-0.3, -0.25) is 0 Å². The summed E-state index contributed by atoms with van der Waals surface area (Å²) >= 11 is 0. The summed E-state index contributed by atoms with van der Waals surface area (Å²) in [6, 6.07) is 10.4. The van der Waals surface area contributed by atoms with E-state index in [1.807, 2.05) is 0 Å². The minimum atomic E-state index is -3.80. The van der Waals surface area contributed by atoms with E-state index < -0.39 is 10.0 Å². The predicted molar refractivity (Wildman–Crippen MR) is 76.0 cm³/mol. The van der Waals surface area contributed by atoms with Crippen LogP contribution in [0.4, 0.5) is 15.8 Å². The normalized spacial score (nSPS) is 11.3. The monoisotopic (exact) mass is 295 g/mol. The van der Waals surface area contributed by atoms with Gasteiger partial charge in [0.1, 0.15) is 5.82 Å². The quantitative estimate of drug-likeness (QED) is 0.747. The van der Waals surface area contributed by atoms with Gasteiger partial charge in [-0.15, -0.1) is 0 Å². The van der Waals surface area contributed by atoms with Crippen molar-refractivity contribution in [2.45, 2.75) is 11.4 Å². The third-order valence-corrected chi connectivity index (χ3v) is 3.69. The van der Waals surface area contributed by atoms with Crippen LogP contribution in [0.3, 0.4) is 0 Å². The summed E-state index contributed by atoms with van der Waals surface area (Å²) in [5.41, 5.74) is 6.94. The topological polar surface area (TPSA) is 98.2 Å². The molecule has 20 heavy (non-hydrogen) atoms. The average Bonchev–Trinajstić information content (AvgIpc) is 2.38. The van der Waals surface area contributed by atoms with Crippen molar-refractivity contribution >= 4 is 21.4 Å². The predicted octanol–water partition coefficient (Wildman–Crippen LogP) is 1.67. The molecule has 7 heteroatoms. The van der Waals surface area contributed by atoms with Crippen LogP contribution >= 0.6 is 0 Å². The zero-order valence-corrected chi connectivity index (χ0v) is 11.3. The maximum Gasteiger partial charge on any atom is 0.238 e. The Morgan fingerprint density at radius 2 is 1.85 bits per heavy atom. The van der Waals surface area contributed by atoms with Crippen molar-refractivity contribution in [2.75, 3.05) is 11.1 Å². The summed E-state index contributed by atoms with van der Waals surface area (Å²) in [5, 5.41) is 7.95. The van der Waals surface area contributed by atoms with Crippen LogP contribution < -0.4 is 16.2 Å². The van der Waals surface area contributed by atoms with Gasteiger partial charge in [-0.2, -0.15) is 0 Å². The maximum atomic E-state index is 13.5. The molecule has 5 nitrogen and oxygen atoms in total. The molecule has 0 aliphatic rings. The van der Waals surface area contributed by atoms with Crippen LogP contribution in [0.25, 0.3) is 0 Å². The molecule has 0 saturated carbocycles. The Bertz CT molecular complexity index is 732. The van der Waals surface area contributed by atoms with E-state index in [4.69, 9.17) is 10.9 Å². The first-order chi connectivity index (χ1) is 9.38. The van der Waals surface area contributed by atoms with E-state index in [-0.39, 0.29) is 17.3 Å². The van der Waals surface area contributed by atoms with Crippen molar-refractivity contribution in [3.8, 4) is 0 Å². The number of hydrogen-bond acceptors (Lipinski definition) is 4. The lowest BCUT2D eigenvalue weighted by Gasteiger charge is -2.11. The number of nitrogens with two attached hydrogens (primary N) is 2. The van der Waals surface area contributed by atoms with Crippen LogP contribution in [0, 0.1) is 5.82 Å². The van der Waals surface area contributed by atoms with Crippen LogP contribution in [0.1, 0.15) is 5.56 Å². The molecule has 106 valence electrons. The van der Waals surface area contributed by atoms with Crippen molar-refractivity contribution in [3.63, 3.8) is 0 Å². The van der Waals surface area contributed by atoms with E-state index in [1.165, 1.54) is 24.3 Å². The van der Waals surface area contributed by atoms with E-state index >= 15 is 0 Å². The molecular weight excluding hydrogens is 281 g/mol. The van der Waals surface area contributed by atoms with Gasteiger partial charge in [0.05, 0.1) is 16.3 Å². The van der Waals surface area contributed by atoms with Gasteiger partial charge < -0.3 is 11.1 Å². The largest absolute Gasteiger partial charge is 0.397 e. The number of hydrogen-bond donors (Lipinski definition) is 3. The third-order valence-electron chi connectivity index (χ3n) is 2.78. The SMILES string of the molecule is Nc1ccc(S(N)(=O)=O)cc1NCc1ccccc1F. The summed E-state index contributed by atoms with van der Waals surface area (Å²) in [6.07, 6.45) is 0. The van der Waals surface area contributed by atoms with E-state index in [2.05, 4.69) is 5.32 Å². The van der Waals surface area contributed by atoms with Gasteiger partial charge in [0.2, 0.25) is 10.0 Å². The number of sulfonamides is 1. The lowest BCUT2D eigenvalue weighted by molar-refractivity contribution is 0.597. The van der Waals surface area contributed by atoms with Crippen LogP contribution in [-0.2, 0) is 16.6 Å². The highest BCUT2D eigenvalue weighted by molar-refractivity contribution is 7.89. The lowest BCUT2D eigenvalue weighted by atomic mass is 10.2. The second-order valence-electron chi connectivity index (χ2n) is 4.24. The second-order valence-corrected chi connectivity index (χ2v) is 5.80. The number of benzene rings is 2. The fraction of sp³-hybridized carbons (Fsp3) is 0.0769. The fourth-order valence-corrected chi connectivity index (χ4v) is 2.24. The minimum absolute atomic E-state index is 0.0530. The standard InChI is InChI=1S/C13H14FN3O2S/c14-11-4-2-1-3-9(11)8-17-13-7-10(20(16,18)19)5-6-12(13)15/h1-7,17H,8,15H2,(H2,16,18,19). The van der Waals surface area contributed by atoms with Crippen molar-refractivity contribution in [2.24, 2.45) is 5.14 Å². The Hall–Kier alpha value is -2.12. The number of nitrogens with one attached hydrogen (secondary N) is 1. The third kappa shape index (κ3) is 3.25. The number of anilines is 2. The highest BCUT2D eigenvalue weighted by Gasteiger charge is 2.10. The van der Waals surface area contributed by atoms with Crippen molar-refractivity contribution in [1.29, 1.82) is 0 Å². The first kappa shape index (κ1) is 14.3. The highest BCUT2D eigenvalue weighted by Crippen LogP contribution is 2.23. The molecule has 5 N–H and O–H groups in total. The average molecular weight is 295 g/mol. The highest BCUT2D eigenvalue weighted by atomic mass is 32.2. The summed E-state index contributed by atoms with van der Waals surface area (Å²) < 4.78 is 36.0. The molecule has 0 spiro atoms. The van der Waals surface area contributed by atoms with E-state index in [9.17, 15) is 12.8 Å². The van der Waals surface area contributed by atoms with Crippen LogP contribution in [0.2, 0.25) is 0 Å². The molecule has 0 radical (unpaired) electrons. The summed E-state index contributed by atoms with van der Waals surface area (Å²) in [7, 11) is -3.80. The Morgan fingerprint density at radius 1 is 1.15 bits per heavy atom. The molecule has 2 aromatic carbocycles. The minimum Gasteiger partial charge on any atom is -0.397 e. The van der Waals surface area contributed by atoms with E-state index in [1.54, 1.807) is 18.2 Å². The van der Waals surface area contributed by atoms with Gasteiger partial charge in [-0.1, -0.05) is 18.2 Å². The molecular formula is C13H14FN3O2S. The smallest absolute Gasteiger partial charge is 0.238 e. The molecule has 0 amide bonds. The Balaban J connectivity index is 2.24. The molecule has 0 aromatic heterocycles. The Labute approximate surface area is 116 Å². The van der Waals surface area contributed by atoms with Gasteiger partial charge in [-0.25, -0.2) is 17.9 Å². The van der Waals surface area contributed by atoms with Gasteiger partial charge in [0, 0.05) is 12.1 Å². The number of halogens is 1. The first-order valence-corrected chi connectivity index (χ1v) is 7.32. The lowest BCUT2D eigenvalue weighted by Crippen LogP contribution is -2.13. The zero-order chi connectivity index (χ0) is 14.8. The molecule has 2 rings (SSSR count). The van der Waals surface area contributed by atoms with E-state index in [0.717, 1.165) is 0 Å². The number of primary sulfonamides is 1. The van der Waals surface area contributed by atoms with Gasteiger partial charge in [0.25, 0.3) is 0 Å². The number of nitrogen functional groups attached to an aromatic ring is 1. The van der Waals surface area contributed by atoms with Crippen LogP contribution in [-0.4, -0.2) is 8.42 Å². The van der Waals surface area contributed by atoms with Crippen LogP contribution in [0.15, 0.2) is 47.4 Å². The summed E-state index contributed by atoms with van der Waals surface area (Å²) in [5.74, 6) is -0.346. The molecule has 0 unspecified atom stereocenters. The Morgan fingerprint density at radius 3 is 2.50 bits per heavy atom. The van der Waals surface area contributed by atoms with Crippen LogP contribution in [0.5, 0.6) is 0 Å². The molecule has 0 saturated heterocycles. The molecule has 0 atom stereocenters. The summed E-state index contributed by atoms with van der Waals surface area (Å²) in [4.78, 5) is -0.0530. The molecule has 0 fully saturated rings. The molecule has 2 aromatic rings. The van der Waals surface area contributed by atoms with Crippen molar-refractivity contribution in [3.05, 3.63) is 53.8 Å². The molecule has 0 bridgehead atoms. The zero-order valence-electron chi connectivity index (χ0n) is 10.5. The second kappa shape index (κ2) is 5.48. The molecule has 0 heterocycles. The first-order valence-electron chi connectivity index (χ1n) is 5.77. The number of rotatable bonds is 4. The van der Waals surface area contributed by atoms with E-state index in [0.29, 0.717) is 16.9 Å². The molecule has 0 aliphatic carbocycles. The van der Waals surface area contributed by atoms with Gasteiger partial charge in [0.15, 0.2) is 0 Å². The Kier molecular flexibility index (Phi) is 3.91. The van der Waals surface area contributed by atoms with Crippen molar-refractivity contribution in [1.82, 2.24) is 0 Å². The maximum absolute atomic E-state index is 13.5. The van der Waals surface area contributed by atoms with Crippen molar-refractivity contribution < 1.29 is 12.8 Å². The van der Waals surface area contributed by atoms with Gasteiger partial charge in [-0.05, 0) is 24.3 Å². The fourth-order valence-electron chi connectivity index (χ4n) is 1.70. The molecule has 0 aliphatic heterocycles. The van der Waals surface area contributed by atoms with Gasteiger partial charge >= 0.3 is 0 Å². The summed E-state index contributed by atoms with van der Waals surface area (Å²) in [6.45, 7) is 0.185.